The van der Waals surface area contributed by atoms with Gasteiger partial charge in [0.1, 0.15) is 17.1 Å². The third-order valence-electron chi connectivity index (χ3n) is 5.01. The number of rotatable bonds is 5. The summed E-state index contributed by atoms with van der Waals surface area (Å²) in [5, 5.41) is 15.5. The summed E-state index contributed by atoms with van der Waals surface area (Å²) >= 11 is 6.01. The quantitative estimate of drug-likeness (QED) is 0.558. The van der Waals surface area contributed by atoms with Gasteiger partial charge in [0.2, 0.25) is 5.88 Å². The Morgan fingerprint density at radius 1 is 1.16 bits per heavy atom. The van der Waals surface area contributed by atoms with Crippen molar-refractivity contribution >= 4 is 17.3 Å². The number of nitrogens with zero attached hydrogens (tertiary/aromatic N) is 2. The molecule has 0 saturated heterocycles. The molecule has 0 unspecified atom stereocenters. The van der Waals surface area contributed by atoms with Gasteiger partial charge < -0.3 is 20.0 Å². The molecule has 3 N–H and O–H groups in total. The van der Waals surface area contributed by atoms with Gasteiger partial charge in [0, 0.05) is 17.0 Å². The van der Waals surface area contributed by atoms with Gasteiger partial charge in [-0.2, -0.15) is 5.10 Å². The summed E-state index contributed by atoms with van der Waals surface area (Å²) in [6.07, 6.45) is 0.272. The number of benzene rings is 2. The van der Waals surface area contributed by atoms with E-state index in [4.69, 9.17) is 21.1 Å². The first-order valence-electron chi connectivity index (χ1n) is 9.31. The Morgan fingerprint density at radius 3 is 2.68 bits per heavy atom. The fraction of sp³-hybridized carbons (Fsp3) is 0.190. The number of methoxy groups -OCH3 is 2. The molecule has 0 aliphatic carbocycles. The molecular formula is C21H19ClN4O5. The van der Waals surface area contributed by atoms with Crippen LogP contribution in [0.4, 0.5) is 0 Å². The molecule has 0 saturated carbocycles. The molecule has 2 heterocycles. The second kappa shape index (κ2) is 8.19. The Kier molecular flexibility index (Phi) is 5.43. The molecule has 2 aromatic carbocycles. The van der Waals surface area contributed by atoms with Crippen molar-refractivity contribution in [1.29, 1.82) is 0 Å². The van der Waals surface area contributed by atoms with Crippen LogP contribution < -0.4 is 26.1 Å². The molecule has 4 rings (SSSR count). The van der Waals surface area contributed by atoms with Crippen molar-refractivity contribution in [3.63, 3.8) is 0 Å². The molecule has 0 fully saturated rings. The third kappa shape index (κ3) is 3.75. The van der Waals surface area contributed by atoms with Crippen LogP contribution in [0.3, 0.4) is 0 Å². The van der Waals surface area contributed by atoms with Crippen LogP contribution >= 0.6 is 11.6 Å². The van der Waals surface area contributed by atoms with E-state index in [1.165, 1.54) is 6.07 Å². The van der Waals surface area contributed by atoms with E-state index >= 15 is 0 Å². The third-order valence-corrected chi connectivity index (χ3v) is 5.24. The number of hydrogen-bond donors (Lipinski definition) is 3. The highest BCUT2D eigenvalue weighted by Gasteiger charge is 2.29. The molecule has 31 heavy (non-hydrogen) atoms. The van der Waals surface area contributed by atoms with Crippen LogP contribution in [-0.2, 0) is 0 Å². The van der Waals surface area contributed by atoms with E-state index < -0.39 is 17.1 Å². The van der Waals surface area contributed by atoms with E-state index in [9.17, 15) is 14.7 Å². The van der Waals surface area contributed by atoms with E-state index in [2.05, 4.69) is 15.5 Å². The fourth-order valence-corrected chi connectivity index (χ4v) is 3.71. The van der Waals surface area contributed by atoms with Crippen molar-refractivity contribution in [3.05, 3.63) is 79.5 Å². The summed E-state index contributed by atoms with van der Waals surface area (Å²) in [7, 11) is 3.12. The molecule has 10 heteroatoms. The van der Waals surface area contributed by atoms with Gasteiger partial charge in [-0.05, 0) is 36.4 Å². The van der Waals surface area contributed by atoms with Crippen molar-refractivity contribution in [3.8, 4) is 23.1 Å². The maximum absolute atomic E-state index is 12.6. The Hall–Kier alpha value is -3.72. The maximum Gasteiger partial charge on any atom is 0.335 e. The van der Waals surface area contributed by atoms with Gasteiger partial charge in [-0.1, -0.05) is 17.7 Å². The molecule has 0 bridgehead atoms. The topological polar surface area (TPSA) is 118 Å². The largest absolute Gasteiger partial charge is 0.497 e. The molecular weight excluding hydrogens is 424 g/mol. The van der Waals surface area contributed by atoms with Gasteiger partial charge in [0.25, 0.3) is 5.56 Å². The predicted molar refractivity (Wildman–Crippen MR) is 116 cm³/mol. The Bertz CT molecular complexity index is 1300. The van der Waals surface area contributed by atoms with Crippen LogP contribution in [-0.4, -0.2) is 34.6 Å². The van der Waals surface area contributed by atoms with E-state index in [-0.39, 0.29) is 18.0 Å². The first-order valence-corrected chi connectivity index (χ1v) is 9.69. The van der Waals surface area contributed by atoms with Crippen molar-refractivity contribution in [2.45, 2.75) is 12.5 Å². The van der Waals surface area contributed by atoms with Gasteiger partial charge >= 0.3 is 5.69 Å². The molecule has 9 nitrogen and oxygen atoms in total. The lowest BCUT2D eigenvalue weighted by atomic mass is 9.99. The second-order valence-corrected chi connectivity index (χ2v) is 7.26. The van der Waals surface area contributed by atoms with Gasteiger partial charge in [-0.25, -0.2) is 9.36 Å². The van der Waals surface area contributed by atoms with E-state index in [0.717, 1.165) is 10.1 Å². The monoisotopic (exact) mass is 442 g/mol. The maximum atomic E-state index is 12.6. The highest BCUT2D eigenvalue weighted by atomic mass is 35.5. The van der Waals surface area contributed by atoms with Gasteiger partial charge in [-0.15, -0.1) is 0 Å². The number of aromatic hydroxyl groups is 1. The first-order chi connectivity index (χ1) is 14.9. The van der Waals surface area contributed by atoms with E-state index in [0.29, 0.717) is 27.9 Å². The van der Waals surface area contributed by atoms with Crippen LogP contribution in [0.15, 0.2) is 57.2 Å². The van der Waals surface area contributed by atoms with Gasteiger partial charge in [0.15, 0.2) is 0 Å². The van der Waals surface area contributed by atoms with Crippen LogP contribution in [0.25, 0.3) is 5.69 Å². The first kappa shape index (κ1) is 20.5. The summed E-state index contributed by atoms with van der Waals surface area (Å²) < 4.78 is 11.7. The minimum atomic E-state index is -0.786. The number of H-pyrrole nitrogens is 1. The summed E-state index contributed by atoms with van der Waals surface area (Å²) in [4.78, 5) is 27.2. The van der Waals surface area contributed by atoms with E-state index in [1.54, 1.807) is 44.6 Å². The lowest BCUT2D eigenvalue weighted by Gasteiger charge is -2.16. The Morgan fingerprint density at radius 2 is 1.97 bits per heavy atom. The molecule has 1 aromatic heterocycles. The van der Waals surface area contributed by atoms with Gasteiger partial charge in [-0.3, -0.25) is 9.78 Å². The molecule has 1 atom stereocenters. The standard InChI is InChI=1S/C21H19ClN4O5/c1-30-13-6-7-17(31-2)14(9-13)15-10-16(25-24-15)18-19(27)23-21(29)26(20(18)28)12-5-3-4-11(22)8-12/h3-9,15,24,28H,10H2,1-2H3,(H,23,27,29)/t15-/m1/s1. The van der Waals surface area contributed by atoms with Crippen LogP contribution in [0.2, 0.25) is 5.02 Å². The van der Waals surface area contributed by atoms with Crippen LogP contribution in [0.5, 0.6) is 17.4 Å². The zero-order valence-electron chi connectivity index (χ0n) is 16.7. The van der Waals surface area contributed by atoms with E-state index in [1.807, 2.05) is 6.07 Å². The second-order valence-electron chi connectivity index (χ2n) is 6.83. The molecule has 1 aliphatic rings. The summed E-state index contributed by atoms with van der Waals surface area (Å²) in [6, 6.07) is 11.4. The minimum absolute atomic E-state index is 0.101. The molecule has 1 aliphatic heterocycles. The fourth-order valence-electron chi connectivity index (χ4n) is 3.53. The minimum Gasteiger partial charge on any atom is -0.497 e. The number of halogens is 1. The average Bonchev–Trinajstić information content (AvgIpc) is 3.22. The zero-order valence-corrected chi connectivity index (χ0v) is 17.4. The van der Waals surface area contributed by atoms with Crippen molar-refractivity contribution in [2.24, 2.45) is 5.10 Å². The zero-order chi connectivity index (χ0) is 22.1. The summed E-state index contributed by atoms with van der Waals surface area (Å²) in [5.74, 6) is 0.743. The molecule has 160 valence electrons. The smallest absolute Gasteiger partial charge is 0.335 e. The molecule has 0 radical (unpaired) electrons. The normalized spacial score (nSPS) is 15.3. The Balaban J connectivity index is 1.75. The molecule has 3 aromatic rings. The lowest BCUT2D eigenvalue weighted by Crippen LogP contribution is -2.33. The number of aromatic amines is 1. The van der Waals surface area contributed by atoms with Crippen LogP contribution in [0.1, 0.15) is 23.6 Å². The summed E-state index contributed by atoms with van der Waals surface area (Å²) in [6.45, 7) is 0. The number of hydrazone groups is 1. The number of hydrogen-bond acceptors (Lipinski definition) is 7. The molecule has 0 amide bonds. The molecule has 0 spiro atoms. The van der Waals surface area contributed by atoms with Gasteiger partial charge in [0.05, 0.1) is 31.7 Å². The van der Waals surface area contributed by atoms with Crippen molar-refractivity contribution in [2.75, 3.05) is 14.2 Å². The number of aromatic nitrogens is 2. The van der Waals surface area contributed by atoms with Crippen molar-refractivity contribution < 1.29 is 14.6 Å². The highest BCUT2D eigenvalue weighted by molar-refractivity contribution is 6.30. The highest BCUT2D eigenvalue weighted by Crippen LogP contribution is 2.34. The number of ether oxygens (including phenoxy) is 2. The SMILES string of the molecule is COc1ccc(OC)c([C@H]2CC(c3c(O)n(-c4cccc(Cl)c4)c(=O)[nH]c3=O)=NN2)c1. The number of nitrogens with one attached hydrogen (secondary N) is 2. The van der Waals surface area contributed by atoms with Crippen LogP contribution in [0, 0.1) is 0 Å². The average molecular weight is 443 g/mol. The lowest BCUT2D eigenvalue weighted by molar-refractivity contribution is 0.392. The predicted octanol–water partition coefficient (Wildman–Crippen LogP) is 2.34. The van der Waals surface area contributed by atoms with Crippen molar-refractivity contribution in [1.82, 2.24) is 15.0 Å². The summed E-state index contributed by atoms with van der Waals surface area (Å²) in [5.41, 5.74) is 2.73. The Labute approximate surface area is 181 Å².